The molecule has 1 aromatic carbocycles. The monoisotopic (exact) mass is 266 g/mol. The average Bonchev–Trinajstić information content (AvgIpc) is 2.67. The number of fused-ring (bicyclic) bond motifs is 1. The second-order valence-corrected chi connectivity index (χ2v) is 6.88. The summed E-state index contributed by atoms with van der Waals surface area (Å²) >= 11 is 0. The fourth-order valence-electron chi connectivity index (χ4n) is 2.49. The second kappa shape index (κ2) is 5.95. The summed E-state index contributed by atoms with van der Waals surface area (Å²) in [7, 11) is -0.730. The van der Waals surface area contributed by atoms with Gasteiger partial charge in [0.15, 0.2) is 0 Å². The Morgan fingerprint density at radius 2 is 2.11 bits per heavy atom. The summed E-state index contributed by atoms with van der Waals surface area (Å²) in [5, 5.41) is 3.79. The van der Waals surface area contributed by atoms with Crippen molar-refractivity contribution in [3.63, 3.8) is 0 Å². The second-order valence-electron chi connectivity index (χ2n) is 5.08. The maximum Gasteiger partial charge on any atom is 0.0341 e. The highest BCUT2D eigenvalue weighted by atomic mass is 32.2. The average molecular weight is 266 g/mol. The van der Waals surface area contributed by atoms with Crippen molar-refractivity contribution in [2.75, 3.05) is 12.8 Å². The molecule has 1 aliphatic carbocycles. The molecule has 4 atom stereocenters. The smallest absolute Gasteiger partial charge is 0.0341 e. The fraction of sp³-hybridized carbons (Fsp3) is 0.571. The highest BCUT2D eigenvalue weighted by Crippen LogP contribution is 2.36. The topological polar surface area (TPSA) is 55.1 Å². The highest BCUT2D eigenvalue weighted by molar-refractivity contribution is 7.84. The molecule has 0 heterocycles. The van der Waals surface area contributed by atoms with Crippen LogP contribution in [0.15, 0.2) is 24.3 Å². The third-order valence-electron chi connectivity index (χ3n) is 3.77. The summed E-state index contributed by atoms with van der Waals surface area (Å²) in [6.07, 6.45) is 3.67. The molecule has 4 heteroatoms. The van der Waals surface area contributed by atoms with E-state index >= 15 is 0 Å². The van der Waals surface area contributed by atoms with E-state index in [0.29, 0.717) is 6.04 Å². The van der Waals surface area contributed by atoms with Gasteiger partial charge in [0, 0.05) is 34.4 Å². The van der Waals surface area contributed by atoms with Gasteiger partial charge < -0.3 is 11.1 Å². The summed E-state index contributed by atoms with van der Waals surface area (Å²) < 4.78 is 11.3. The molecule has 0 aliphatic heterocycles. The molecule has 18 heavy (non-hydrogen) atoms. The van der Waals surface area contributed by atoms with Crippen molar-refractivity contribution in [2.24, 2.45) is 5.73 Å². The summed E-state index contributed by atoms with van der Waals surface area (Å²) in [6.45, 7) is 2.93. The van der Waals surface area contributed by atoms with Crippen molar-refractivity contribution in [1.82, 2.24) is 5.32 Å². The normalized spacial score (nSPS) is 25.7. The van der Waals surface area contributed by atoms with Crippen LogP contribution in [0.1, 0.15) is 43.0 Å². The Labute approximate surface area is 112 Å². The first-order valence-corrected chi connectivity index (χ1v) is 8.11. The third-order valence-corrected chi connectivity index (χ3v) is 5.14. The number of hydrogen-bond donors (Lipinski definition) is 2. The molecule has 0 saturated heterocycles. The van der Waals surface area contributed by atoms with Crippen LogP contribution in [0.3, 0.4) is 0 Å². The van der Waals surface area contributed by atoms with Crippen molar-refractivity contribution >= 4 is 10.8 Å². The summed E-state index contributed by atoms with van der Waals surface area (Å²) in [6, 6.07) is 8.89. The van der Waals surface area contributed by atoms with Gasteiger partial charge in [0.25, 0.3) is 0 Å². The summed E-state index contributed by atoms with van der Waals surface area (Å²) in [5.74, 6) is 0. The lowest BCUT2D eigenvalue weighted by Crippen LogP contribution is -2.25. The first kappa shape index (κ1) is 13.7. The van der Waals surface area contributed by atoms with E-state index in [0.717, 1.165) is 19.4 Å². The summed E-state index contributed by atoms with van der Waals surface area (Å²) in [5.41, 5.74) is 8.72. The van der Waals surface area contributed by atoms with Gasteiger partial charge in [0.2, 0.25) is 0 Å². The molecule has 3 N–H and O–H groups in total. The molecular formula is C14H22N2OS. The van der Waals surface area contributed by atoms with Gasteiger partial charge in [0.1, 0.15) is 0 Å². The lowest BCUT2D eigenvalue weighted by molar-refractivity contribution is 0.491. The quantitative estimate of drug-likeness (QED) is 0.855. The van der Waals surface area contributed by atoms with Crippen LogP contribution in [0.5, 0.6) is 0 Å². The van der Waals surface area contributed by atoms with Crippen LogP contribution in [-0.4, -0.2) is 22.3 Å². The Hall–Kier alpha value is -0.710. The van der Waals surface area contributed by atoms with Gasteiger partial charge >= 0.3 is 0 Å². The number of nitrogens with two attached hydrogens (primary N) is 1. The van der Waals surface area contributed by atoms with Crippen molar-refractivity contribution in [3.8, 4) is 0 Å². The van der Waals surface area contributed by atoms with Gasteiger partial charge in [0.05, 0.1) is 0 Å². The number of benzene rings is 1. The van der Waals surface area contributed by atoms with Gasteiger partial charge in [-0.15, -0.1) is 0 Å². The Morgan fingerprint density at radius 3 is 2.78 bits per heavy atom. The van der Waals surface area contributed by atoms with Gasteiger partial charge in [-0.05, 0) is 30.5 Å². The molecule has 3 nitrogen and oxygen atoms in total. The minimum atomic E-state index is -0.730. The molecule has 1 aromatic rings. The van der Waals surface area contributed by atoms with Gasteiger partial charge in [-0.2, -0.15) is 0 Å². The van der Waals surface area contributed by atoms with Crippen molar-refractivity contribution < 1.29 is 4.21 Å². The van der Waals surface area contributed by atoms with Crippen LogP contribution < -0.4 is 11.1 Å². The minimum Gasteiger partial charge on any atom is -0.324 e. The highest BCUT2D eigenvalue weighted by Gasteiger charge is 2.27. The molecule has 2 rings (SSSR count). The van der Waals surface area contributed by atoms with E-state index in [4.69, 9.17) is 5.73 Å². The van der Waals surface area contributed by atoms with E-state index in [2.05, 4.69) is 23.5 Å². The number of nitrogens with one attached hydrogen (secondary N) is 1. The maximum absolute atomic E-state index is 11.3. The largest absolute Gasteiger partial charge is 0.324 e. The molecule has 0 aromatic heterocycles. The van der Waals surface area contributed by atoms with Crippen LogP contribution in [0.25, 0.3) is 0 Å². The molecule has 1 aliphatic rings. The molecule has 0 radical (unpaired) electrons. The number of rotatable bonds is 5. The Bertz CT molecular complexity index is 436. The van der Waals surface area contributed by atoms with Gasteiger partial charge in [-0.3, -0.25) is 4.21 Å². The first-order chi connectivity index (χ1) is 8.59. The predicted molar refractivity (Wildman–Crippen MR) is 76.9 cm³/mol. The van der Waals surface area contributed by atoms with E-state index < -0.39 is 10.8 Å². The molecule has 0 amide bonds. The zero-order valence-electron chi connectivity index (χ0n) is 11.1. The Balaban J connectivity index is 1.91. The molecule has 0 saturated carbocycles. The van der Waals surface area contributed by atoms with Crippen LogP contribution in [0, 0.1) is 0 Å². The van der Waals surface area contributed by atoms with Crippen molar-refractivity contribution in [3.05, 3.63) is 35.4 Å². The molecular weight excluding hydrogens is 244 g/mol. The molecule has 4 unspecified atom stereocenters. The molecule has 0 fully saturated rings. The van der Waals surface area contributed by atoms with E-state index in [-0.39, 0.29) is 11.3 Å². The van der Waals surface area contributed by atoms with E-state index in [1.54, 1.807) is 6.26 Å². The van der Waals surface area contributed by atoms with Gasteiger partial charge in [-0.1, -0.05) is 31.2 Å². The minimum absolute atomic E-state index is 0.149. The Kier molecular flexibility index (Phi) is 4.54. The zero-order valence-corrected chi connectivity index (χ0v) is 11.9. The number of hydrogen-bond acceptors (Lipinski definition) is 3. The first-order valence-electron chi connectivity index (χ1n) is 6.49. The molecule has 100 valence electrons. The Morgan fingerprint density at radius 1 is 1.44 bits per heavy atom. The lowest BCUT2D eigenvalue weighted by Gasteiger charge is -2.15. The predicted octanol–water partition coefficient (Wildman–Crippen LogP) is 1.88. The lowest BCUT2D eigenvalue weighted by atomic mass is 10.1. The zero-order chi connectivity index (χ0) is 13.1. The van der Waals surface area contributed by atoms with Crippen molar-refractivity contribution in [2.45, 2.75) is 37.1 Å². The van der Waals surface area contributed by atoms with Crippen LogP contribution in [0.2, 0.25) is 0 Å². The maximum atomic E-state index is 11.3. The standard InChI is InChI=1S/C14H22N2OS/c1-10(18(2)17)7-8-16-14-9-13(15)11-5-3-4-6-12(11)14/h3-6,10,13-14,16H,7-9,15H2,1-2H3. The summed E-state index contributed by atoms with van der Waals surface area (Å²) in [4.78, 5) is 0. The third kappa shape index (κ3) is 2.99. The molecule has 0 bridgehead atoms. The molecule has 0 spiro atoms. The van der Waals surface area contributed by atoms with E-state index in [1.807, 2.05) is 13.0 Å². The van der Waals surface area contributed by atoms with Gasteiger partial charge in [-0.25, -0.2) is 0 Å². The van der Waals surface area contributed by atoms with Crippen LogP contribution >= 0.6 is 0 Å². The van der Waals surface area contributed by atoms with Crippen LogP contribution in [-0.2, 0) is 10.8 Å². The van der Waals surface area contributed by atoms with Crippen molar-refractivity contribution in [1.29, 1.82) is 0 Å². The van der Waals surface area contributed by atoms with Crippen LogP contribution in [0.4, 0.5) is 0 Å². The van der Waals surface area contributed by atoms with E-state index in [9.17, 15) is 4.21 Å². The SMILES string of the molecule is CC(CCNC1CC(N)c2ccccc21)S(C)=O. The van der Waals surface area contributed by atoms with E-state index in [1.165, 1.54) is 11.1 Å². The fourth-order valence-corrected chi connectivity index (χ4v) is 2.94.